The average Bonchev–Trinajstić information content (AvgIpc) is 3.33. The van der Waals surface area contributed by atoms with Crippen molar-refractivity contribution in [2.24, 2.45) is 5.73 Å². The summed E-state index contributed by atoms with van der Waals surface area (Å²) in [7, 11) is 0. The quantitative estimate of drug-likeness (QED) is 0.568. The van der Waals surface area contributed by atoms with E-state index in [4.69, 9.17) is 20.4 Å². The van der Waals surface area contributed by atoms with Crippen molar-refractivity contribution in [2.45, 2.75) is 6.54 Å². The second-order valence-electron chi connectivity index (χ2n) is 6.49. The summed E-state index contributed by atoms with van der Waals surface area (Å²) in [6, 6.07) is 6.90. The molecule has 6 nitrogen and oxygen atoms in total. The molecule has 5 rings (SSSR count). The summed E-state index contributed by atoms with van der Waals surface area (Å²) in [5.74, 6) is 1.08. The maximum Gasteiger partial charge on any atom is 0.163 e. The Labute approximate surface area is 158 Å². The lowest BCUT2D eigenvalue weighted by atomic mass is 10.1. The molecule has 27 heavy (non-hydrogen) atoms. The molecule has 1 saturated heterocycles. The Kier molecular flexibility index (Phi) is 4.04. The van der Waals surface area contributed by atoms with Gasteiger partial charge in [-0.1, -0.05) is 0 Å². The van der Waals surface area contributed by atoms with Crippen molar-refractivity contribution in [1.29, 1.82) is 0 Å². The Morgan fingerprint density at radius 3 is 2.89 bits per heavy atom. The number of anilines is 1. The fourth-order valence-electron chi connectivity index (χ4n) is 3.49. The number of ether oxygens (including phenoxy) is 1. The van der Waals surface area contributed by atoms with Gasteiger partial charge in [-0.25, -0.2) is 14.4 Å². The van der Waals surface area contributed by atoms with Crippen molar-refractivity contribution >= 4 is 38.3 Å². The molecule has 0 aliphatic carbocycles. The van der Waals surface area contributed by atoms with E-state index in [1.165, 1.54) is 12.1 Å². The zero-order chi connectivity index (χ0) is 18.4. The van der Waals surface area contributed by atoms with Gasteiger partial charge in [0.05, 0.1) is 23.4 Å². The molecule has 8 heteroatoms. The molecular weight excluding hydrogens is 365 g/mol. The van der Waals surface area contributed by atoms with Crippen LogP contribution in [0.3, 0.4) is 0 Å². The molecule has 0 amide bonds. The van der Waals surface area contributed by atoms with Crippen molar-refractivity contribution in [2.75, 3.05) is 31.2 Å². The lowest BCUT2D eigenvalue weighted by Crippen LogP contribution is -2.36. The minimum absolute atomic E-state index is 0.315. The van der Waals surface area contributed by atoms with Crippen LogP contribution in [0.25, 0.3) is 32.5 Å². The highest BCUT2D eigenvalue weighted by atomic mass is 32.1. The number of aromatic nitrogens is 3. The highest BCUT2D eigenvalue weighted by Gasteiger charge is 2.21. The Morgan fingerprint density at radius 2 is 2.07 bits per heavy atom. The lowest BCUT2D eigenvalue weighted by molar-refractivity contribution is 0.122. The number of hydrogen-bond acceptors (Lipinski definition) is 6. The van der Waals surface area contributed by atoms with Crippen LogP contribution in [0.15, 0.2) is 30.5 Å². The number of rotatable bonds is 3. The summed E-state index contributed by atoms with van der Waals surface area (Å²) < 4.78 is 20.7. The molecule has 0 radical (unpaired) electrons. The third-order valence-corrected chi connectivity index (χ3v) is 5.93. The summed E-state index contributed by atoms with van der Waals surface area (Å²) >= 11 is 1.62. The van der Waals surface area contributed by atoms with E-state index in [1.54, 1.807) is 17.5 Å². The van der Waals surface area contributed by atoms with Gasteiger partial charge in [0, 0.05) is 47.2 Å². The molecule has 0 atom stereocenters. The molecule has 0 saturated carbocycles. The molecule has 3 N–H and O–H groups in total. The van der Waals surface area contributed by atoms with Gasteiger partial charge in [0.25, 0.3) is 0 Å². The van der Waals surface area contributed by atoms with Crippen LogP contribution >= 0.6 is 11.3 Å². The third-order valence-electron chi connectivity index (χ3n) is 4.79. The SMILES string of the molecule is NCc1cc2nc(-c3cc(F)cc4[nH]ccc34)nc(N3CCOCC3)c2s1. The second-order valence-corrected chi connectivity index (χ2v) is 7.63. The number of nitrogens with zero attached hydrogens (tertiary/aromatic N) is 3. The van der Waals surface area contributed by atoms with Crippen LogP contribution in [0.5, 0.6) is 0 Å². The summed E-state index contributed by atoms with van der Waals surface area (Å²) in [5, 5.41) is 0.901. The van der Waals surface area contributed by atoms with E-state index in [1.807, 2.05) is 12.1 Å². The first-order chi connectivity index (χ1) is 13.2. The van der Waals surface area contributed by atoms with Crippen molar-refractivity contribution in [1.82, 2.24) is 15.0 Å². The zero-order valence-electron chi connectivity index (χ0n) is 14.5. The predicted molar refractivity (Wildman–Crippen MR) is 106 cm³/mol. The van der Waals surface area contributed by atoms with E-state index in [9.17, 15) is 4.39 Å². The highest BCUT2D eigenvalue weighted by molar-refractivity contribution is 7.19. The van der Waals surface area contributed by atoms with Crippen LogP contribution in [0.1, 0.15) is 4.88 Å². The van der Waals surface area contributed by atoms with Gasteiger partial charge in [-0.2, -0.15) is 0 Å². The molecule has 1 aromatic carbocycles. The van der Waals surface area contributed by atoms with Gasteiger partial charge in [0.1, 0.15) is 5.82 Å². The monoisotopic (exact) mass is 383 g/mol. The largest absolute Gasteiger partial charge is 0.378 e. The molecule has 0 unspecified atom stereocenters. The number of H-pyrrole nitrogens is 1. The van der Waals surface area contributed by atoms with Crippen molar-refractivity contribution in [3.05, 3.63) is 41.2 Å². The minimum atomic E-state index is -0.315. The van der Waals surface area contributed by atoms with E-state index in [-0.39, 0.29) is 5.82 Å². The smallest absolute Gasteiger partial charge is 0.163 e. The summed E-state index contributed by atoms with van der Waals surface area (Å²) in [5.41, 5.74) is 8.11. The lowest BCUT2D eigenvalue weighted by Gasteiger charge is -2.28. The number of benzene rings is 1. The Hall–Kier alpha value is -2.55. The van der Waals surface area contributed by atoms with Crippen LogP contribution in [0.2, 0.25) is 0 Å². The van der Waals surface area contributed by atoms with E-state index >= 15 is 0 Å². The number of hydrogen-bond donors (Lipinski definition) is 2. The van der Waals surface area contributed by atoms with Crippen LogP contribution in [-0.4, -0.2) is 41.3 Å². The maximum absolute atomic E-state index is 14.2. The molecule has 138 valence electrons. The molecule has 4 heterocycles. The Morgan fingerprint density at radius 1 is 1.22 bits per heavy atom. The van der Waals surface area contributed by atoms with Gasteiger partial charge in [-0.3, -0.25) is 0 Å². The second kappa shape index (κ2) is 6.56. The van der Waals surface area contributed by atoms with Crippen LogP contribution < -0.4 is 10.6 Å². The highest BCUT2D eigenvalue weighted by Crippen LogP contribution is 2.36. The van der Waals surface area contributed by atoms with Gasteiger partial charge >= 0.3 is 0 Å². The summed E-state index contributed by atoms with van der Waals surface area (Å²) in [6.07, 6.45) is 1.80. The molecule has 0 bridgehead atoms. The number of morpholine rings is 1. The van der Waals surface area contributed by atoms with Gasteiger partial charge in [-0.05, 0) is 24.3 Å². The fourth-order valence-corrected chi connectivity index (χ4v) is 4.48. The first-order valence-electron chi connectivity index (χ1n) is 8.83. The van der Waals surface area contributed by atoms with Crippen LogP contribution in [-0.2, 0) is 11.3 Å². The topological polar surface area (TPSA) is 80.1 Å². The molecular formula is C19H18FN5OS. The van der Waals surface area contributed by atoms with E-state index < -0.39 is 0 Å². The van der Waals surface area contributed by atoms with E-state index in [2.05, 4.69) is 9.88 Å². The molecule has 1 fully saturated rings. The first-order valence-corrected chi connectivity index (χ1v) is 9.65. The number of aromatic amines is 1. The number of thiophene rings is 1. The standard InChI is InChI=1S/C19H18FN5OS/c20-11-7-14(13-1-2-22-15(13)8-11)18-23-16-9-12(10-21)27-17(16)19(24-18)25-3-5-26-6-4-25/h1-2,7-9,22H,3-6,10,21H2. The molecule has 0 spiro atoms. The molecule has 4 aromatic rings. The van der Waals surface area contributed by atoms with Crippen molar-refractivity contribution in [3.63, 3.8) is 0 Å². The minimum Gasteiger partial charge on any atom is -0.378 e. The van der Waals surface area contributed by atoms with Gasteiger partial charge < -0.3 is 20.4 Å². The average molecular weight is 383 g/mol. The number of nitrogens with two attached hydrogens (primary N) is 1. The van der Waals surface area contributed by atoms with Crippen molar-refractivity contribution < 1.29 is 9.13 Å². The fraction of sp³-hybridized carbons (Fsp3) is 0.263. The van der Waals surface area contributed by atoms with E-state index in [0.717, 1.165) is 44.9 Å². The van der Waals surface area contributed by atoms with Gasteiger partial charge in [0.2, 0.25) is 0 Å². The maximum atomic E-state index is 14.2. The Bertz CT molecular complexity index is 1130. The van der Waals surface area contributed by atoms with Crippen LogP contribution in [0.4, 0.5) is 10.2 Å². The third kappa shape index (κ3) is 2.86. The predicted octanol–water partition coefficient (Wildman–Crippen LogP) is 3.27. The normalized spacial score (nSPS) is 15.1. The van der Waals surface area contributed by atoms with Crippen molar-refractivity contribution in [3.8, 4) is 11.4 Å². The molecule has 1 aliphatic rings. The van der Waals surface area contributed by atoms with Crippen LogP contribution in [0, 0.1) is 5.82 Å². The number of halogens is 1. The van der Waals surface area contributed by atoms with Gasteiger partial charge in [-0.15, -0.1) is 11.3 Å². The Balaban J connectivity index is 1.75. The summed E-state index contributed by atoms with van der Waals surface area (Å²) in [4.78, 5) is 15.9. The number of fused-ring (bicyclic) bond motifs is 2. The summed E-state index contributed by atoms with van der Waals surface area (Å²) in [6.45, 7) is 3.32. The van der Waals surface area contributed by atoms with Gasteiger partial charge in [0.15, 0.2) is 11.6 Å². The molecule has 1 aliphatic heterocycles. The first kappa shape index (κ1) is 16.6. The van der Waals surface area contributed by atoms with E-state index in [0.29, 0.717) is 31.1 Å². The molecule has 3 aromatic heterocycles. The zero-order valence-corrected chi connectivity index (χ0v) is 15.4. The number of nitrogens with one attached hydrogen (secondary N) is 1.